The molecule has 0 aliphatic carbocycles. The van der Waals surface area contributed by atoms with E-state index < -0.39 is 0 Å². The number of benzene rings is 1. The fourth-order valence-electron chi connectivity index (χ4n) is 2.17. The van der Waals surface area contributed by atoms with Gasteiger partial charge in [0, 0.05) is 50.6 Å². The Morgan fingerprint density at radius 3 is 2.67 bits per heavy atom. The number of anilines is 1. The lowest BCUT2D eigenvalue weighted by molar-refractivity contribution is 0.404. The molecular formula is C16H20FN3O. The van der Waals surface area contributed by atoms with Gasteiger partial charge in [0.15, 0.2) is 0 Å². The summed E-state index contributed by atoms with van der Waals surface area (Å²) in [5, 5.41) is 3.34. The maximum atomic E-state index is 13.1. The number of hydrogen-bond acceptors (Lipinski definition) is 4. The first-order chi connectivity index (χ1) is 10.1. The third-order valence-corrected chi connectivity index (χ3v) is 3.17. The Hall–Kier alpha value is -2.14. The van der Waals surface area contributed by atoms with Gasteiger partial charge in [0.1, 0.15) is 17.4 Å². The lowest BCUT2D eigenvalue weighted by atomic mass is 10.2. The number of nitrogens with zero attached hydrogens (tertiary/aromatic N) is 2. The number of aromatic nitrogens is 1. The van der Waals surface area contributed by atoms with Crippen molar-refractivity contribution < 1.29 is 9.13 Å². The minimum absolute atomic E-state index is 0.294. The molecule has 1 heterocycles. The molecule has 0 bridgehead atoms. The lowest BCUT2D eigenvalue weighted by Crippen LogP contribution is -2.18. The van der Waals surface area contributed by atoms with E-state index in [1.54, 1.807) is 19.4 Å². The molecule has 0 fully saturated rings. The molecule has 2 rings (SSSR count). The largest absolute Gasteiger partial charge is 0.496 e. The van der Waals surface area contributed by atoms with Crippen LogP contribution < -0.4 is 15.0 Å². The summed E-state index contributed by atoms with van der Waals surface area (Å²) in [4.78, 5) is 6.34. The normalized spacial score (nSPS) is 10.5. The van der Waals surface area contributed by atoms with Gasteiger partial charge in [0.05, 0.1) is 7.11 Å². The molecule has 0 radical (unpaired) electrons. The van der Waals surface area contributed by atoms with Crippen molar-refractivity contribution in [3.05, 3.63) is 53.5 Å². The number of halogens is 1. The second-order valence-electron chi connectivity index (χ2n) is 4.94. The first-order valence-electron chi connectivity index (χ1n) is 6.76. The van der Waals surface area contributed by atoms with Crippen LogP contribution in [0.4, 0.5) is 10.2 Å². The summed E-state index contributed by atoms with van der Waals surface area (Å²) in [5.74, 6) is 1.20. The summed E-state index contributed by atoms with van der Waals surface area (Å²) < 4.78 is 18.3. The molecular weight excluding hydrogens is 269 g/mol. The van der Waals surface area contributed by atoms with Crippen molar-refractivity contribution in [3.8, 4) is 5.75 Å². The Morgan fingerprint density at radius 2 is 1.95 bits per heavy atom. The fraction of sp³-hybridized carbons (Fsp3) is 0.312. The van der Waals surface area contributed by atoms with E-state index in [2.05, 4.69) is 10.3 Å². The SMILES string of the molecule is COc1cc(F)ccc1CNCc1cccnc1N(C)C. The van der Waals surface area contributed by atoms with Gasteiger partial charge in [-0.1, -0.05) is 12.1 Å². The molecule has 0 amide bonds. The van der Waals surface area contributed by atoms with Gasteiger partial charge in [0.25, 0.3) is 0 Å². The Bertz CT molecular complexity index is 602. The first-order valence-corrected chi connectivity index (χ1v) is 6.76. The van der Waals surface area contributed by atoms with Crippen LogP contribution in [0, 0.1) is 5.82 Å². The maximum absolute atomic E-state index is 13.1. The Balaban J connectivity index is 2.02. The highest BCUT2D eigenvalue weighted by molar-refractivity contribution is 5.45. The van der Waals surface area contributed by atoms with Gasteiger partial charge < -0.3 is 15.0 Å². The third kappa shape index (κ3) is 3.92. The second kappa shape index (κ2) is 7.04. The highest BCUT2D eigenvalue weighted by Gasteiger charge is 2.07. The summed E-state index contributed by atoms with van der Waals surface area (Å²) in [7, 11) is 5.48. The van der Waals surface area contributed by atoms with Gasteiger partial charge in [-0.05, 0) is 12.1 Å². The molecule has 0 saturated carbocycles. The third-order valence-electron chi connectivity index (χ3n) is 3.17. The smallest absolute Gasteiger partial charge is 0.132 e. The standard InChI is InChI=1S/C16H20FN3O/c1-20(2)16-13(5-4-8-19-16)11-18-10-12-6-7-14(17)9-15(12)21-3/h4-9,18H,10-11H2,1-3H3. The predicted molar refractivity (Wildman–Crippen MR) is 82.1 cm³/mol. The zero-order valence-electron chi connectivity index (χ0n) is 12.6. The number of pyridine rings is 1. The topological polar surface area (TPSA) is 37.4 Å². The number of hydrogen-bond donors (Lipinski definition) is 1. The molecule has 0 unspecified atom stereocenters. The Kier molecular flexibility index (Phi) is 5.11. The molecule has 112 valence electrons. The van der Waals surface area contributed by atoms with Gasteiger partial charge in [-0.15, -0.1) is 0 Å². The van der Waals surface area contributed by atoms with Crippen LogP contribution in [0.5, 0.6) is 5.75 Å². The van der Waals surface area contributed by atoms with Crippen molar-refractivity contribution in [2.24, 2.45) is 0 Å². The highest BCUT2D eigenvalue weighted by Crippen LogP contribution is 2.20. The zero-order chi connectivity index (χ0) is 15.2. The summed E-state index contributed by atoms with van der Waals surface area (Å²) >= 11 is 0. The van der Waals surface area contributed by atoms with Crippen molar-refractivity contribution in [1.82, 2.24) is 10.3 Å². The van der Waals surface area contributed by atoms with Crippen LogP contribution in [0.15, 0.2) is 36.5 Å². The van der Waals surface area contributed by atoms with Crippen LogP contribution in [0.25, 0.3) is 0 Å². The molecule has 0 spiro atoms. The molecule has 5 heteroatoms. The van der Waals surface area contributed by atoms with E-state index in [1.807, 2.05) is 31.1 Å². The van der Waals surface area contributed by atoms with Crippen LogP contribution in [0.1, 0.15) is 11.1 Å². The van der Waals surface area contributed by atoms with Gasteiger partial charge in [-0.25, -0.2) is 9.37 Å². The molecule has 21 heavy (non-hydrogen) atoms. The molecule has 2 aromatic rings. The van der Waals surface area contributed by atoms with Crippen LogP contribution >= 0.6 is 0 Å². The number of nitrogens with one attached hydrogen (secondary N) is 1. The molecule has 0 atom stereocenters. The monoisotopic (exact) mass is 289 g/mol. The van der Waals surface area contributed by atoms with Gasteiger partial charge in [-0.3, -0.25) is 0 Å². The molecule has 1 aromatic carbocycles. The van der Waals surface area contributed by atoms with Crippen molar-refractivity contribution in [1.29, 1.82) is 0 Å². The average molecular weight is 289 g/mol. The quantitative estimate of drug-likeness (QED) is 0.887. The molecule has 0 aliphatic heterocycles. The van der Waals surface area contributed by atoms with Crippen molar-refractivity contribution in [2.75, 3.05) is 26.1 Å². The van der Waals surface area contributed by atoms with E-state index in [-0.39, 0.29) is 5.82 Å². The molecule has 4 nitrogen and oxygen atoms in total. The number of rotatable bonds is 6. The van der Waals surface area contributed by atoms with Gasteiger partial charge >= 0.3 is 0 Å². The van der Waals surface area contributed by atoms with Gasteiger partial charge in [-0.2, -0.15) is 0 Å². The first kappa shape index (κ1) is 15.3. The molecule has 1 aromatic heterocycles. The summed E-state index contributed by atoms with van der Waals surface area (Å²) in [5.41, 5.74) is 2.04. The zero-order valence-corrected chi connectivity index (χ0v) is 12.6. The number of methoxy groups -OCH3 is 1. The van der Waals surface area contributed by atoms with E-state index in [0.717, 1.165) is 16.9 Å². The van der Waals surface area contributed by atoms with Crippen molar-refractivity contribution >= 4 is 5.82 Å². The van der Waals surface area contributed by atoms with Crippen molar-refractivity contribution in [2.45, 2.75) is 13.1 Å². The average Bonchev–Trinajstić information content (AvgIpc) is 2.49. The van der Waals surface area contributed by atoms with Crippen LogP contribution in [-0.2, 0) is 13.1 Å². The molecule has 0 saturated heterocycles. The van der Waals surface area contributed by atoms with E-state index in [9.17, 15) is 4.39 Å². The van der Waals surface area contributed by atoms with E-state index in [0.29, 0.717) is 18.8 Å². The summed E-state index contributed by atoms with van der Waals surface area (Å²) in [6, 6.07) is 8.53. The fourth-order valence-corrected chi connectivity index (χ4v) is 2.17. The Morgan fingerprint density at radius 1 is 1.19 bits per heavy atom. The lowest BCUT2D eigenvalue weighted by Gasteiger charge is -2.16. The number of ether oxygens (including phenoxy) is 1. The second-order valence-corrected chi connectivity index (χ2v) is 4.94. The minimum atomic E-state index is -0.294. The minimum Gasteiger partial charge on any atom is -0.496 e. The van der Waals surface area contributed by atoms with Crippen molar-refractivity contribution in [3.63, 3.8) is 0 Å². The van der Waals surface area contributed by atoms with Crippen LogP contribution in [-0.4, -0.2) is 26.2 Å². The summed E-state index contributed by atoms with van der Waals surface area (Å²) in [6.07, 6.45) is 1.78. The van der Waals surface area contributed by atoms with E-state index in [4.69, 9.17) is 4.74 Å². The van der Waals surface area contributed by atoms with Gasteiger partial charge in [0.2, 0.25) is 0 Å². The summed E-state index contributed by atoms with van der Waals surface area (Å²) in [6.45, 7) is 1.28. The van der Waals surface area contributed by atoms with E-state index in [1.165, 1.54) is 12.1 Å². The van der Waals surface area contributed by atoms with Crippen LogP contribution in [0.2, 0.25) is 0 Å². The van der Waals surface area contributed by atoms with Crippen LogP contribution in [0.3, 0.4) is 0 Å². The predicted octanol–water partition coefficient (Wildman–Crippen LogP) is 2.59. The molecule has 0 aliphatic rings. The van der Waals surface area contributed by atoms with E-state index >= 15 is 0 Å². The Labute approximate surface area is 124 Å². The maximum Gasteiger partial charge on any atom is 0.132 e. The highest BCUT2D eigenvalue weighted by atomic mass is 19.1. The molecule has 1 N–H and O–H groups in total.